The van der Waals surface area contributed by atoms with Crippen LogP contribution >= 0.6 is 11.6 Å². The van der Waals surface area contributed by atoms with E-state index < -0.39 is 0 Å². The Bertz CT molecular complexity index is 1290. The number of anilines is 1. The fourth-order valence-corrected chi connectivity index (χ4v) is 3.77. The molecule has 0 bridgehead atoms. The van der Waals surface area contributed by atoms with Crippen LogP contribution in [0.15, 0.2) is 48.9 Å². The van der Waals surface area contributed by atoms with Gasteiger partial charge in [-0.15, -0.1) is 0 Å². The van der Waals surface area contributed by atoms with E-state index in [0.717, 1.165) is 32.9 Å². The van der Waals surface area contributed by atoms with Gasteiger partial charge in [-0.2, -0.15) is 5.26 Å². The first-order valence-corrected chi connectivity index (χ1v) is 9.24. The Morgan fingerprint density at radius 2 is 2.14 bits per heavy atom. The third-order valence-corrected chi connectivity index (χ3v) is 5.41. The molecule has 2 N–H and O–H groups in total. The van der Waals surface area contributed by atoms with Gasteiger partial charge in [-0.3, -0.25) is 4.79 Å². The zero-order chi connectivity index (χ0) is 19.3. The molecular formula is C21H14ClN5O. The van der Waals surface area contributed by atoms with Crippen molar-refractivity contribution in [2.24, 2.45) is 11.8 Å². The van der Waals surface area contributed by atoms with Crippen LogP contribution in [0.4, 0.5) is 5.82 Å². The fraction of sp³-hybridized carbons (Fsp3) is 0.143. The average Bonchev–Trinajstić information content (AvgIpc) is 3.34. The Morgan fingerprint density at radius 1 is 1.25 bits per heavy atom. The number of carbonyl (C=O) groups is 1. The minimum Gasteiger partial charge on any atom is -0.346 e. The van der Waals surface area contributed by atoms with Crippen molar-refractivity contribution >= 4 is 45.1 Å². The van der Waals surface area contributed by atoms with E-state index in [1.807, 2.05) is 36.5 Å². The van der Waals surface area contributed by atoms with E-state index in [0.29, 0.717) is 17.3 Å². The van der Waals surface area contributed by atoms with Gasteiger partial charge in [-0.05, 0) is 53.3 Å². The van der Waals surface area contributed by atoms with Crippen molar-refractivity contribution in [3.8, 4) is 17.2 Å². The molecule has 0 saturated heterocycles. The SMILES string of the molecule is N#CC1CC1C(=O)Nc1cc2cc(-c3ccnc4[nH]ccc34)cc(Cl)c2cn1. The second-order valence-corrected chi connectivity index (χ2v) is 7.32. The van der Waals surface area contributed by atoms with E-state index in [2.05, 4.69) is 26.3 Å². The number of hydrogen-bond donors (Lipinski definition) is 2. The van der Waals surface area contributed by atoms with Gasteiger partial charge in [0, 0.05) is 29.4 Å². The van der Waals surface area contributed by atoms with Crippen LogP contribution in [0.5, 0.6) is 0 Å². The van der Waals surface area contributed by atoms with E-state index in [-0.39, 0.29) is 17.7 Å². The number of pyridine rings is 2. The molecule has 5 rings (SSSR count). The number of rotatable bonds is 3. The predicted molar refractivity (Wildman–Crippen MR) is 108 cm³/mol. The number of aromatic amines is 1. The summed E-state index contributed by atoms with van der Waals surface area (Å²) >= 11 is 6.51. The normalized spacial score (nSPS) is 18.1. The highest BCUT2D eigenvalue weighted by molar-refractivity contribution is 6.36. The first-order valence-electron chi connectivity index (χ1n) is 8.86. The number of benzene rings is 1. The molecule has 1 aliphatic carbocycles. The third kappa shape index (κ3) is 2.77. The average molecular weight is 388 g/mol. The molecule has 2 unspecified atom stereocenters. The van der Waals surface area contributed by atoms with Crippen molar-refractivity contribution in [1.82, 2.24) is 15.0 Å². The molecule has 2 atom stereocenters. The van der Waals surface area contributed by atoms with E-state index >= 15 is 0 Å². The predicted octanol–water partition coefficient (Wildman–Crippen LogP) is 4.53. The lowest BCUT2D eigenvalue weighted by molar-refractivity contribution is -0.117. The van der Waals surface area contributed by atoms with Crippen molar-refractivity contribution in [3.05, 3.63) is 53.9 Å². The van der Waals surface area contributed by atoms with Gasteiger partial charge in [0.1, 0.15) is 11.5 Å². The maximum atomic E-state index is 12.2. The van der Waals surface area contributed by atoms with E-state index in [1.54, 1.807) is 12.4 Å². The molecular weight excluding hydrogens is 374 g/mol. The summed E-state index contributed by atoms with van der Waals surface area (Å²) in [6.45, 7) is 0. The number of amides is 1. The molecule has 1 fully saturated rings. The van der Waals surface area contributed by atoms with Crippen molar-refractivity contribution in [2.75, 3.05) is 5.32 Å². The lowest BCUT2D eigenvalue weighted by Gasteiger charge is -2.09. The number of halogens is 1. The highest BCUT2D eigenvalue weighted by Gasteiger charge is 2.43. The summed E-state index contributed by atoms with van der Waals surface area (Å²) in [5.74, 6) is -0.132. The molecule has 1 saturated carbocycles. The number of nitriles is 1. The van der Waals surface area contributed by atoms with Crippen LogP contribution in [-0.4, -0.2) is 20.9 Å². The number of fused-ring (bicyclic) bond motifs is 2. The van der Waals surface area contributed by atoms with Crippen LogP contribution in [0.1, 0.15) is 6.42 Å². The summed E-state index contributed by atoms with van der Waals surface area (Å²) in [5.41, 5.74) is 2.79. The van der Waals surface area contributed by atoms with Gasteiger partial charge in [0.05, 0.1) is 22.9 Å². The molecule has 0 aliphatic heterocycles. The summed E-state index contributed by atoms with van der Waals surface area (Å²) < 4.78 is 0. The molecule has 6 nitrogen and oxygen atoms in total. The first kappa shape index (κ1) is 16.7. The highest BCUT2D eigenvalue weighted by Crippen LogP contribution is 2.39. The summed E-state index contributed by atoms with van der Waals surface area (Å²) in [7, 11) is 0. The number of H-pyrrole nitrogens is 1. The van der Waals surface area contributed by atoms with Crippen LogP contribution in [0.3, 0.4) is 0 Å². The molecule has 1 amide bonds. The van der Waals surface area contributed by atoms with Gasteiger partial charge in [0.25, 0.3) is 0 Å². The lowest BCUT2D eigenvalue weighted by Crippen LogP contribution is -2.15. The van der Waals surface area contributed by atoms with Gasteiger partial charge < -0.3 is 10.3 Å². The van der Waals surface area contributed by atoms with Crippen LogP contribution in [0.2, 0.25) is 5.02 Å². The van der Waals surface area contributed by atoms with Crippen LogP contribution in [0.25, 0.3) is 32.9 Å². The quantitative estimate of drug-likeness (QED) is 0.540. The van der Waals surface area contributed by atoms with E-state index in [9.17, 15) is 4.79 Å². The van der Waals surface area contributed by atoms with Gasteiger partial charge in [0.2, 0.25) is 5.91 Å². The molecule has 3 aromatic heterocycles. The summed E-state index contributed by atoms with van der Waals surface area (Å²) in [4.78, 5) is 24.0. The van der Waals surface area contributed by atoms with E-state index in [4.69, 9.17) is 16.9 Å². The van der Waals surface area contributed by atoms with Crippen LogP contribution in [0, 0.1) is 23.2 Å². The number of nitrogens with zero attached hydrogens (tertiary/aromatic N) is 3. The maximum absolute atomic E-state index is 12.2. The van der Waals surface area contributed by atoms with E-state index in [1.165, 1.54) is 0 Å². The van der Waals surface area contributed by atoms with Crippen molar-refractivity contribution in [2.45, 2.75) is 6.42 Å². The second kappa shape index (κ2) is 6.32. The van der Waals surface area contributed by atoms with Gasteiger partial charge in [-0.1, -0.05) is 11.6 Å². The molecule has 28 heavy (non-hydrogen) atoms. The summed E-state index contributed by atoms with van der Waals surface area (Å²) in [6, 6.07) is 11.8. The Balaban J connectivity index is 1.55. The molecule has 4 aromatic rings. The first-order chi connectivity index (χ1) is 13.6. The number of carbonyl (C=O) groups excluding carboxylic acids is 1. The summed E-state index contributed by atoms with van der Waals surface area (Å²) in [6.07, 6.45) is 5.88. The lowest BCUT2D eigenvalue weighted by atomic mass is 10.0. The molecule has 0 spiro atoms. The third-order valence-electron chi connectivity index (χ3n) is 5.10. The minimum atomic E-state index is -0.240. The summed E-state index contributed by atoms with van der Waals surface area (Å²) in [5, 5.41) is 15.0. The zero-order valence-electron chi connectivity index (χ0n) is 14.6. The molecule has 3 heterocycles. The Labute approximate surface area is 165 Å². The Hall–Kier alpha value is -3.43. The van der Waals surface area contributed by atoms with Crippen LogP contribution < -0.4 is 5.32 Å². The number of hydrogen-bond acceptors (Lipinski definition) is 4. The molecule has 136 valence electrons. The molecule has 1 aromatic carbocycles. The number of nitrogens with one attached hydrogen (secondary N) is 2. The second-order valence-electron chi connectivity index (χ2n) is 6.91. The standard InChI is InChI=1S/C21H14ClN5O/c22-18-7-11(14-1-3-24-20-15(14)2-4-25-20)5-12-8-19(26-10-17(12)18)27-21(28)16-6-13(16)9-23/h1-5,7-8,10,13,16H,6H2,(H,24,25)(H,26,27,28). The van der Waals surface area contributed by atoms with Gasteiger partial charge >= 0.3 is 0 Å². The molecule has 7 heteroatoms. The Kier molecular flexibility index (Phi) is 3.78. The van der Waals surface area contributed by atoms with Gasteiger partial charge in [0.15, 0.2) is 0 Å². The largest absolute Gasteiger partial charge is 0.346 e. The zero-order valence-corrected chi connectivity index (χ0v) is 15.4. The fourth-order valence-electron chi connectivity index (χ4n) is 3.50. The van der Waals surface area contributed by atoms with Gasteiger partial charge in [-0.25, -0.2) is 9.97 Å². The number of aromatic nitrogens is 3. The monoisotopic (exact) mass is 387 g/mol. The Morgan fingerprint density at radius 3 is 2.96 bits per heavy atom. The van der Waals surface area contributed by atoms with Crippen molar-refractivity contribution in [1.29, 1.82) is 5.26 Å². The highest BCUT2D eigenvalue weighted by atomic mass is 35.5. The van der Waals surface area contributed by atoms with Crippen molar-refractivity contribution in [3.63, 3.8) is 0 Å². The minimum absolute atomic E-state index is 0.163. The molecule has 1 aliphatic rings. The van der Waals surface area contributed by atoms with Crippen molar-refractivity contribution < 1.29 is 4.79 Å². The topological polar surface area (TPSA) is 94.5 Å². The molecule has 0 radical (unpaired) electrons. The van der Waals surface area contributed by atoms with Crippen LogP contribution in [-0.2, 0) is 4.79 Å². The smallest absolute Gasteiger partial charge is 0.230 e. The maximum Gasteiger partial charge on any atom is 0.230 e.